The van der Waals surface area contributed by atoms with Crippen LogP contribution in [0.25, 0.3) is 0 Å². The van der Waals surface area contributed by atoms with Crippen molar-refractivity contribution in [2.45, 2.75) is 32.4 Å². The van der Waals surface area contributed by atoms with Crippen LogP contribution >= 0.6 is 34.5 Å². The van der Waals surface area contributed by atoms with Gasteiger partial charge in [0.25, 0.3) is 0 Å². The summed E-state index contributed by atoms with van der Waals surface area (Å²) in [6, 6.07) is 0. The van der Waals surface area contributed by atoms with E-state index >= 15 is 0 Å². The van der Waals surface area contributed by atoms with Gasteiger partial charge >= 0.3 is 0 Å². The normalized spacial score (nSPS) is 22.1. The summed E-state index contributed by atoms with van der Waals surface area (Å²) in [6.45, 7) is 5.71. The minimum Gasteiger partial charge on any atom is -0.343 e. The van der Waals surface area contributed by atoms with Crippen molar-refractivity contribution in [1.82, 2.24) is 24.8 Å². The molecule has 0 radical (unpaired) electrons. The van der Waals surface area contributed by atoms with Crippen molar-refractivity contribution in [2.24, 2.45) is 0 Å². The van der Waals surface area contributed by atoms with Crippen LogP contribution in [-0.4, -0.2) is 38.5 Å². The number of nitrogens with one attached hydrogen (secondary N) is 1. The van der Waals surface area contributed by atoms with Crippen LogP contribution in [0.15, 0.2) is 5.38 Å². The van der Waals surface area contributed by atoms with Crippen molar-refractivity contribution in [3.05, 3.63) is 26.1 Å². The van der Waals surface area contributed by atoms with Crippen molar-refractivity contribution >= 4 is 40.4 Å². The highest BCUT2D eigenvalue weighted by atomic mass is 35.5. The Balaban J connectivity index is 1.80. The van der Waals surface area contributed by atoms with Crippen molar-refractivity contribution in [3.63, 3.8) is 0 Å². The van der Waals surface area contributed by atoms with Crippen molar-refractivity contribution in [2.75, 3.05) is 13.1 Å². The van der Waals surface area contributed by atoms with E-state index in [1.165, 1.54) is 11.5 Å². The zero-order valence-corrected chi connectivity index (χ0v) is 14.7. The quantitative estimate of drug-likeness (QED) is 0.908. The third-order valence-corrected chi connectivity index (χ3v) is 5.82. The molecule has 0 aliphatic carbocycles. The number of amides is 1. The van der Waals surface area contributed by atoms with E-state index in [0.717, 1.165) is 29.4 Å². The highest BCUT2D eigenvalue weighted by Crippen LogP contribution is 2.35. The number of rotatable bonds is 4. The van der Waals surface area contributed by atoms with Gasteiger partial charge in [0.05, 0.1) is 0 Å². The summed E-state index contributed by atoms with van der Waals surface area (Å²) in [5.41, 5.74) is 1.36. The van der Waals surface area contributed by atoms with E-state index in [-0.39, 0.29) is 5.91 Å². The van der Waals surface area contributed by atoms with Gasteiger partial charge in [0.2, 0.25) is 5.91 Å². The molecule has 9 heteroatoms. The predicted octanol–water partition coefficient (Wildman–Crippen LogP) is 2.19. The number of carbonyl (C=O) groups excluding carboxylic acids is 1. The maximum Gasteiger partial charge on any atom is 0.217 e. The van der Waals surface area contributed by atoms with Crippen LogP contribution < -0.4 is 5.32 Å². The molecule has 0 aromatic carbocycles. The first-order valence-electron chi connectivity index (χ1n) is 6.89. The van der Waals surface area contributed by atoms with Crippen LogP contribution in [0.4, 0.5) is 0 Å². The van der Waals surface area contributed by atoms with E-state index in [1.807, 2.05) is 12.3 Å². The molecule has 1 fully saturated rings. The van der Waals surface area contributed by atoms with Crippen LogP contribution in [0.1, 0.15) is 29.7 Å². The molecule has 3 rings (SSSR count). The Bertz CT molecular complexity index is 688. The second kappa shape index (κ2) is 6.19. The second-order valence-electron chi connectivity index (χ2n) is 5.51. The average Bonchev–Trinajstić information content (AvgIpc) is 3.13. The Kier molecular flexibility index (Phi) is 4.44. The maximum absolute atomic E-state index is 11.7. The first-order valence-corrected chi connectivity index (χ1v) is 8.92. The van der Waals surface area contributed by atoms with E-state index in [4.69, 9.17) is 11.6 Å². The number of carbonyl (C=O) groups is 1. The first-order chi connectivity index (χ1) is 10.5. The van der Waals surface area contributed by atoms with Gasteiger partial charge in [0, 0.05) is 49.2 Å². The Morgan fingerprint density at radius 2 is 2.41 bits per heavy atom. The monoisotopic (exact) mass is 357 g/mol. The lowest BCUT2D eigenvalue weighted by Gasteiger charge is -2.28. The van der Waals surface area contributed by atoms with Gasteiger partial charge in [-0.15, -0.1) is 16.4 Å². The molecular weight excluding hydrogens is 342 g/mol. The number of hydrogen-bond acceptors (Lipinski definition) is 7. The molecule has 118 valence electrons. The summed E-state index contributed by atoms with van der Waals surface area (Å²) in [5, 5.41) is 10.1. The van der Waals surface area contributed by atoms with Crippen molar-refractivity contribution in [3.8, 4) is 0 Å². The summed E-state index contributed by atoms with van der Waals surface area (Å²) >= 11 is 8.87. The summed E-state index contributed by atoms with van der Waals surface area (Å²) in [5.74, 6) is -0.0388. The molecule has 6 nitrogen and oxygen atoms in total. The lowest BCUT2D eigenvalue weighted by atomic mass is 9.99. The van der Waals surface area contributed by atoms with Crippen LogP contribution in [0, 0.1) is 6.92 Å². The lowest BCUT2D eigenvalue weighted by Crippen LogP contribution is -2.47. The molecule has 1 amide bonds. The fourth-order valence-electron chi connectivity index (χ4n) is 2.77. The van der Waals surface area contributed by atoms with E-state index in [1.54, 1.807) is 18.3 Å². The van der Waals surface area contributed by atoms with Crippen molar-refractivity contribution < 1.29 is 4.79 Å². The average molecular weight is 358 g/mol. The molecule has 22 heavy (non-hydrogen) atoms. The molecule has 1 aliphatic heterocycles. The number of likely N-dealkylation sites (tertiary alicyclic amines) is 1. The van der Waals surface area contributed by atoms with Gasteiger partial charge < -0.3 is 5.32 Å². The molecule has 0 bridgehead atoms. The first kappa shape index (κ1) is 15.8. The van der Waals surface area contributed by atoms with Gasteiger partial charge in [-0.2, -0.15) is 0 Å². The molecule has 1 atom stereocenters. The van der Waals surface area contributed by atoms with Gasteiger partial charge in [-0.3, -0.25) is 9.69 Å². The highest BCUT2D eigenvalue weighted by Gasteiger charge is 2.42. The van der Waals surface area contributed by atoms with Gasteiger partial charge in [-0.1, -0.05) is 16.1 Å². The fraction of sp³-hybridized carbons (Fsp3) is 0.538. The van der Waals surface area contributed by atoms with E-state index in [9.17, 15) is 4.79 Å². The number of aromatic nitrogens is 3. The molecule has 3 heterocycles. The topological polar surface area (TPSA) is 71.0 Å². The van der Waals surface area contributed by atoms with Crippen LogP contribution in [0.3, 0.4) is 0 Å². The SMILES string of the molecule is CC(=O)NC1(c2nc(C)cs2)CCN(Cc2nnsc2Cl)C1. The molecule has 0 spiro atoms. The predicted molar refractivity (Wildman–Crippen MR) is 87.2 cm³/mol. The van der Waals surface area contributed by atoms with Crippen molar-refractivity contribution in [1.29, 1.82) is 0 Å². The smallest absolute Gasteiger partial charge is 0.217 e. The largest absolute Gasteiger partial charge is 0.343 e. The Morgan fingerprint density at radius 1 is 1.59 bits per heavy atom. The van der Waals surface area contributed by atoms with Gasteiger partial charge in [-0.25, -0.2) is 4.98 Å². The minimum absolute atomic E-state index is 0.0388. The standard InChI is InChI=1S/C13H16ClN5OS2/c1-8-6-21-12(15-8)13(16-9(2)20)3-4-19(7-13)5-10-11(14)22-18-17-10/h6H,3-5,7H2,1-2H3,(H,16,20). The zero-order valence-electron chi connectivity index (χ0n) is 12.3. The van der Waals surface area contributed by atoms with Crippen LogP contribution in [-0.2, 0) is 16.9 Å². The number of aryl methyl sites for hydroxylation is 1. The molecule has 1 N–H and O–H groups in total. The Morgan fingerprint density at radius 3 is 3.00 bits per heavy atom. The Hall–Kier alpha value is -1.09. The number of halogens is 1. The number of hydrogen-bond donors (Lipinski definition) is 1. The summed E-state index contributed by atoms with van der Waals surface area (Å²) in [4.78, 5) is 18.5. The van der Waals surface area contributed by atoms with E-state index < -0.39 is 5.54 Å². The lowest BCUT2D eigenvalue weighted by molar-refractivity contribution is -0.120. The van der Waals surface area contributed by atoms with E-state index in [2.05, 4.69) is 24.8 Å². The summed E-state index contributed by atoms with van der Waals surface area (Å²) in [7, 11) is 0. The third kappa shape index (κ3) is 3.15. The molecular formula is C13H16ClN5OS2. The van der Waals surface area contributed by atoms with Crippen LogP contribution in [0.2, 0.25) is 4.34 Å². The third-order valence-electron chi connectivity index (χ3n) is 3.67. The number of nitrogens with zero attached hydrogens (tertiary/aromatic N) is 4. The molecule has 1 aliphatic rings. The molecule has 2 aromatic heterocycles. The maximum atomic E-state index is 11.7. The highest BCUT2D eigenvalue weighted by molar-refractivity contribution is 7.10. The van der Waals surface area contributed by atoms with Gasteiger partial charge in [-0.05, 0) is 13.3 Å². The zero-order chi connectivity index (χ0) is 15.7. The second-order valence-corrected chi connectivity index (χ2v) is 7.73. The molecule has 0 saturated carbocycles. The summed E-state index contributed by atoms with van der Waals surface area (Å²) < 4.78 is 4.49. The minimum atomic E-state index is -0.416. The Labute approximate surface area is 141 Å². The van der Waals surface area contributed by atoms with E-state index in [0.29, 0.717) is 17.4 Å². The molecule has 1 unspecified atom stereocenters. The fourth-order valence-corrected chi connectivity index (χ4v) is 4.35. The number of thiazole rings is 1. The van der Waals surface area contributed by atoms with Gasteiger partial charge in [0.1, 0.15) is 20.6 Å². The summed E-state index contributed by atoms with van der Waals surface area (Å²) in [6.07, 6.45) is 0.828. The molecule has 1 saturated heterocycles. The molecule has 2 aromatic rings. The van der Waals surface area contributed by atoms with Gasteiger partial charge in [0.15, 0.2) is 0 Å². The van der Waals surface area contributed by atoms with Crippen LogP contribution in [0.5, 0.6) is 0 Å².